The van der Waals surface area contributed by atoms with Gasteiger partial charge < -0.3 is 15.4 Å². The van der Waals surface area contributed by atoms with E-state index < -0.39 is 5.97 Å². The average Bonchev–Trinajstić information content (AvgIpc) is 2.45. The molecule has 0 spiro atoms. The Kier molecular flexibility index (Phi) is 4.42. The molecule has 4 nitrogen and oxygen atoms in total. The predicted molar refractivity (Wildman–Crippen MR) is 80.7 cm³/mol. The Morgan fingerprint density at radius 1 is 1.19 bits per heavy atom. The third-order valence-corrected chi connectivity index (χ3v) is 3.03. The van der Waals surface area contributed by atoms with Crippen LogP contribution in [-0.4, -0.2) is 20.1 Å². The highest BCUT2D eigenvalue weighted by Crippen LogP contribution is 2.22. The van der Waals surface area contributed by atoms with Crippen molar-refractivity contribution in [2.45, 2.75) is 6.61 Å². The number of hydrogen-bond acceptors (Lipinski definition) is 4. The Morgan fingerprint density at radius 2 is 1.86 bits per heavy atom. The van der Waals surface area contributed by atoms with Gasteiger partial charge in [-0.1, -0.05) is 12.1 Å². The Bertz CT molecular complexity index is 639. The van der Waals surface area contributed by atoms with Crippen molar-refractivity contribution in [3.05, 3.63) is 59.4 Å². The van der Waals surface area contributed by atoms with E-state index in [9.17, 15) is 9.18 Å². The molecule has 0 amide bonds. The lowest BCUT2D eigenvalue weighted by Crippen LogP contribution is -2.12. The summed E-state index contributed by atoms with van der Waals surface area (Å²) in [7, 11) is 3.75. The first-order chi connectivity index (χ1) is 9.97. The zero-order valence-corrected chi connectivity index (χ0v) is 12.0. The first-order valence-corrected chi connectivity index (χ1v) is 6.46. The molecule has 0 aliphatic carbocycles. The Labute approximate surface area is 122 Å². The normalized spacial score (nSPS) is 10.2. The predicted octanol–water partition coefficient (Wildman–Crippen LogP) is 2.83. The molecule has 0 fully saturated rings. The van der Waals surface area contributed by atoms with Crippen LogP contribution >= 0.6 is 0 Å². The molecule has 0 unspecified atom stereocenters. The standard InChI is InChI=1S/C16H17FN2O2/c1-19(2)15-8-5-12(9-14(15)18)16(20)21-10-11-3-6-13(17)7-4-11/h3-9H,10,18H2,1-2H3. The maximum atomic E-state index is 12.8. The number of benzene rings is 2. The maximum absolute atomic E-state index is 12.8. The van der Waals surface area contributed by atoms with Gasteiger partial charge in [0.2, 0.25) is 0 Å². The lowest BCUT2D eigenvalue weighted by molar-refractivity contribution is 0.0473. The van der Waals surface area contributed by atoms with Gasteiger partial charge in [0.25, 0.3) is 0 Å². The van der Waals surface area contributed by atoms with Crippen LogP contribution in [0.4, 0.5) is 15.8 Å². The highest BCUT2D eigenvalue weighted by atomic mass is 19.1. The molecule has 0 atom stereocenters. The van der Waals surface area contributed by atoms with Crippen molar-refractivity contribution in [3.8, 4) is 0 Å². The summed E-state index contributed by atoms with van der Waals surface area (Å²) in [6.07, 6.45) is 0. The zero-order valence-electron chi connectivity index (χ0n) is 12.0. The van der Waals surface area contributed by atoms with E-state index in [1.165, 1.54) is 12.1 Å². The monoisotopic (exact) mass is 288 g/mol. The first kappa shape index (κ1) is 14.8. The number of esters is 1. The van der Waals surface area contributed by atoms with E-state index >= 15 is 0 Å². The van der Waals surface area contributed by atoms with E-state index in [1.54, 1.807) is 30.3 Å². The van der Waals surface area contributed by atoms with Crippen molar-refractivity contribution in [2.75, 3.05) is 24.7 Å². The molecule has 0 aliphatic rings. The molecule has 2 rings (SSSR count). The van der Waals surface area contributed by atoms with Crippen LogP contribution in [0.5, 0.6) is 0 Å². The Hall–Kier alpha value is -2.56. The Morgan fingerprint density at radius 3 is 2.43 bits per heavy atom. The van der Waals surface area contributed by atoms with Gasteiger partial charge in [-0.3, -0.25) is 0 Å². The van der Waals surface area contributed by atoms with Crippen LogP contribution in [-0.2, 0) is 11.3 Å². The third kappa shape index (κ3) is 3.72. The number of carbonyl (C=O) groups excluding carboxylic acids is 1. The summed E-state index contributed by atoms with van der Waals surface area (Å²) < 4.78 is 18.0. The number of nitrogen functional groups attached to an aromatic ring is 1. The van der Waals surface area contributed by atoms with Crippen LogP contribution in [0.15, 0.2) is 42.5 Å². The van der Waals surface area contributed by atoms with Crippen LogP contribution in [0.1, 0.15) is 15.9 Å². The second-order valence-electron chi connectivity index (χ2n) is 4.87. The van der Waals surface area contributed by atoms with Gasteiger partial charge in [-0.2, -0.15) is 0 Å². The summed E-state index contributed by atoms with van der Waals surface area (Å²) in [4.78, 5) is 13.8. The highest BCUT2D eigenvalue weighted by Gasteiger charge is 2.10. The van der Waals surface area contributed by atoms with E-state index in [-0.39, 0.29) is 12.4 Å². The van der Waals surface area contributed by atoms with Crippen molar-refractivity contribution < 1.29 is 13.9 Å². The van der Waals surface area contributed by atoms with Crippen molar-refractivity contribution in [1.29, 1.82) is 0 Å². The fraction of sp³-hybridized carbons (Fsp3) is 0.188. The third-order valence-electron chi connectivity index (χ3n) is 3.03. The molecular formula is C16H17FN2O2. The molecule has 0 radical (unpaired) electrons. The molecule has 2 aromatic rings. The van der Waals surface area contributed by atoms with Crippen LogP contribution < -0.4 is 10.6 Å². The molecule has 0 heterocycles. The van der Waals surface area contributed by atoms with Crippen molar-refractivity contribution in [3.63, 3.8) is 0 Å². The van der Waals surface area contributed by atoms with E-state index in [1.807, 2.05) is 19.0 Å². The fourth-order valence-electron chi connectivity index (χ4n) is 1.90. The average molecular weight is 288 g/mol. The largest absolute Gasteiger partial charge is 0.457 e. The van der Waals surface area contributed by atoms with Gasteiger partial charge in [0.15, 0.2) is 0 Å². The minimum absolute atomic E-state index is 0.0917. The summed E-state index contributed by atoms with van der Waals surface area (Å²) in [5.74, 6) is -0.784. The topological polar surface area (TPSA) is 55.6 Å². The number of carbonyl (C=O) groups is 1. The molecule has 2 aromatic carbocycles. The second-order valence-corrected chi connectivity index (χ2v) is 4.87. The summed E-state index contributed by atoms with van der Waals surface area (Å²) in [6, 6.07) is 10.8. The van der Waals surface area contributed by atoms with Crippen LogP contribution in [0.2, 0.25) is 0 Å². The number of nitrogens with zero attached hydrogens (tertiary/aromatic N) is 1. The van der Waals surface area contributed by atoms with Crippen molar-refractivity contribution in [2.24, 2.45) is 0 Å². The van der Waals surface area contributed by atoms with Gasteiger partial charge in [0.1, 0.15) is 12.4 Å². The first-order valence-electron chi connectivity index (χ1n) is 6.46. The maximum Gasteiger partial charge on any atom is 0.338 e. The summed E-state index contributed by atoms with van der Waals surface area (Å²) in [5.41, 5.74) is 8.36. The molecule has 0 aromatic heterocycles. The van der Waals surface area contributed by atoms with Crippen LogP contribution in [0.25, 0.3) is 0 Å². The molecule has 110 valence electrons. The lowest BCUT2D eigenvalue weighted by atomic mass is 10.1. The van der Waals surface area contributed by atoms with Gasteiger partial charge >= 0.3 is 5.97 Å². The van der Waals surface area contributed by atoms with Crippen molar-refractivity contribution >= 4 is 17.3 Å². The van der Waals surface area contributed by atoms with E-state index in [2.05, 4.69) is 0 Å². The lowest BCUT2D eigenvalue weighted by Gasteiger charge is -2.15. The summed E-state index contributed by atoms with van der Waals surface area (Å²) >= 11 is 0. The summed E-state index contributed by atoms with van der Waals surface area (Å²) in [5, 5.41) is 0. The highest BCUT2D eigenvalue weighted by molar-refractivity contribution is 5.92. The molecule has 0 bridgehead atoms. The minimum Gasteiger partial charge on any atom is -0.457 e. The number of hydrogen-bond donors (Lipinski definition) is 1. The Balaban J connectivity index is 2.03. The van der Waals surface area contributed by atoms with Gasteiger partial charge in [-0.15, -0.1) is 0 Å². The number of halogens is 1. The smallest absolute Gasteiger partial charge is 0.338 e. The van der Waals surface area contributed by atoms with Gasteiger partial charge in [-0.25, -0.2) is 9.18 Å². The van der Waals surface area contributed by atoms with E-state index in [0.29, 0.717) is 11.3 Å². The quantitative estimate of drug-likeness (QED) is 0.694. The molecule has 0 saturated heterocycles. The van der Waals surface area contributed by atoms with Crippen molar-refractivity contribution in [1.82, 2.24) is 0 Å². The molecule has 21 heavy (non-hydrogen) atoms. The molecule has 0 saturated carbocycles. The SMILES string of the molecule is CN(C)c1ccc(C(=O)OCc2ccc(F)cc2)cc1N. The van der Waals surface area contributed by atoms with Gasteiger partial charge in [-0.05, 0) is 35.9 Å². The van der Waals surface area contributed by atoms with Gasteiger partial charge in [0, 0.05) is 14.1 Å². The number of nitrogens with two attached hydrogens (primary N) is 1. The molecule has 0 aliphatic heterocycles. The van der Waals surface area contributed by atoms with E-state index in [4.69, 9.17) is 10.5 Å². The van der Waals surface area contributed by atoms with Crippen LogP contribution in [0, 0.1) is 5.82 Å². The molecule has 5 heteroatoms. The number of ether oxygens (including phenoxy) is 1. The fourth-order valence-corrected chi connectivity index (χ4v) is 1.90. The summed E-state index contributed by atoms with van der Waals surface area (Å²) in [6.45, 7) is 0.0917. The molecular weight excluding hydrogens is 271 g/mol. The van der Waals surface area contributed by atoms with E-state index in [0.717, 1.165) is 11.3 Å². The second kappa shape index (κ2) is 6.26. The minimum atomic E-state index is -0.462. The van der Waals surface area contributed by atoms with Crippen LogP contribution in [0.3, 0.4) is 0 Å². The zero-order chi connectivity index (χ0) is 15.4. The number of anilines is 2. The van der Waals surface area contributed by atoms with Gasteiger partial charge in [0.05, 0.1) is 16.9 Å². The number of rotatable bonds is 4. The molecule has 2 N–H and O–H groups in total.